The topological polar surface area (TPSA) is 78.1 Å². The van der Waals surface area contributed by atoms with E-state index in [-0.39, 0.29) is 11.9 Å². The van der Waals surface area contributed by atoms with Gasteiger partial charge in [-0.25, -0.2) is 5.43 Å². The molecule has 3 heterocycles. The molecule has 2 aromatic rings. The van der Waals surface area contributed by atoms with E-state index >= 15 is 0 Å². The average molecular weight is 331 g/mol. The molecule has 4 N–H and O–H groups in total. The van der Waals surface area contributed by atoms with Gasteiger partial charge in [-0.05, 0) is 23.1 Å². The highest BCUT2D eigenvalue weighted by atomic mass is 32.1. The molecule has 0 aromatic carbocycles. The van der Waals surface area contributed by atoms with Crippen molar-refractivity contribution in [2.24, 2.45) is 5.92 Å². The summed E-state index contributed by atoms with van der Waals surface area (Å²) in [6.07, 6.45) is 3.69. The Balaban J connectivity index is 1.38. The van der Waals surface area contributed by atoms with Crippen LogP contribution in [0.25, 0.3) is 0 Å². The van der Waals surface area contributed by atoms with E-state index in [1.807, 2.05) is 29.8 Å². The minimum Gasteiger partial charge on any atom is -0.350 e. The lowest BCUT2D eigenvalue weighted by Crippen LogP contribution is -2.35. The lowest BCUT2D eigenvalue weighted by atomic mass is 9.96. The molecule has 122 valence electrons. The second-order valence-corrected chi connectivity index (χ2v) is 6.43. The highest BCUT2D eigenvalue weighted by Crippen LogP contribution is 2.23. The summed E-state index contributed by atoms with van der Waals surface area (Å²) in [5, 5.41) is 8.25. The minimum absolute atomic E-state index is 0.000707. The predicted octanol–water partition coefficient (Wildman–Crippen LogP) is 0.928. The van der Waals surface area contributed by atoms with Crippen molar-refractivity contribution < 1.29 is 4.79 Å². The summed E-state index contributed by atoms with van der Waals surface area (Å²) in [7, 11) is 0. The molecule has 0 bridgehead atoms. The van der Waals surface area contributed by atoms with E-state index in [4.69, 9.17) is 0 Å². The number of carbonyl (C=O) groups excluding carboxylic acids is 1. The standard InChI is InChI=1S/C16H21N5OS/c22-16(14-4-2-8-23-14)19-7-6-18-10-13-11-20-21-15(13)12-3-1-5-17-9-12/h1-5,8-9,13,15,18,20-21H,6-7,10-11H2,(H,19,22). The monoisotopic (exact) mass is 331 g/mol. The molecule has 1 fully saturated rings. The van der Waals surface area contributed by atoms with Gasteiger partial charge in [0.2, 0.25) is 0 Å². The maximum absolute atomic E-state index is 11.8. The SMILES string of the molecule is O=C(NCCNCC1CNNC1c1cccnc1)c1cccs1. The van der Waals surface area contributed by atoms with Crippen LogP contribution in [0.5, 0.6) is 0 Å². The molecule has 0 spiro atoms. The molecule has 2 atom stereocenters. The highest BCUT2D eigenvalue weighted by Gasteiger charge is 2.27. The average Bonchev–Trinajstić information content (AvgIpc) is 3.27. The van der Waals surface area contributed by atoms with Gasteiger partial charge in [-0.15, -0.1) is 11.3 Å². The van der Waals surface area contributed by atoms with E-state index in [1.165, 1.54) is 16.9 Å². The molecule has 7 heteroatoms. The lowest BCUT2D eigenvalue weighted by Gasteiger charge is -2.19. The van der Waals surface area contributed by atoms with Crippen LogP contribution >= 0.6 is 11.3 Å². The minimum atomic E-state index is -0.000707. The Kier molecular flexibility index (Phi) is 5.71. The maximum Gasteiger partial charge on any atom is 0.261 e. The Labute approximate surface area is 139 Å². The zero-order valence-corrected chi connectivity index (χ0v) is 13.6. The molecule has 1 aliphatic rings. The fourth-order valence-electron chi connectivity index (χ4n) is 2.69. The first kappa shape index (κ1) is 16.1. The maximum atomic E-state index is 11.8. The third kappa shape index (κ3) is 4.35. The summed E-state index contributed by atoms with van der Waals surface area (Å²) in [5.74, 6) is 0.450. The number of pyridine rings is 1. The Bertz CT molecular complexity index is 604. The zero-order chi connectivity index (χ0) is 15.9. The van der Waals surface area contributed by atoms with Crippen LogP contribution in [-0.4, -0.2) is 37.1 Å². The number of rotatable bonds is 7. The van der Waals surface area contributed by atoms with Gasteiger partial charge in [-0.2, -0.15) is 0 Å². The molecule has 2 unspecified atom stereocenters. The molecule has 0 aliphatic carbocycles. The van der Waals surface area contributed by atoms with Crippen LogP contribution in [0.3, 0.4) is 0 Å². The van der Waals surface area contributed by atoms with Crippen molar-refractivity contribution in [3.8, 4) is 0 Å². The first-order valence-electron chi connectivity index (χ1n) is 7.75. The van der Waals surface area contributed by atoms with E-state index in [9.17, 15) is 4.79 Å². The Hall–Kier alpha value is -1.80. The van der Waals surface area contributed by atoms with Crippen molar-refractivity contribution in [2.75, 3.05) is 26.2 Å². The number of hydrogen-bond donors (Lipinski definition) is 4. The number of carbonyl (C=O) groups is 1. The Morgan fingerprint density at radius 3 is 3.09 bits per heavy atom. The van der Waals surface area contributed by atoms with Gasteiger partial charge in [0.1, 0.15) is 0 Å². The van der Waals surface area contributed by atoms with Crippen molar-refractivity contribution in [3.05, 3.63) is 52.5 Å². The zero-order valence-electron chi connectivity index (χ0n) is 12.8. The van der Waals surface area contributed by atoms with E-state index in [2.05, 4.69) is 32.5 Å². The van der Waals surface area contributed by atoms with Crippen molar-refractivity contribution in [1.29, 1.82) is 0 Å². The van der Waals surface area contributed by atoms with Crippen molar-refractivity contribution >= 4 is 17.2 Å². The van der Waals surface area contributed by atoms with Gasteiger partial charge in [0.05, 0.1) is 10.9 Å². The molecule has 0 radical (unpaired) electrons. The van der Waals surface area contributed by atoms with Gasteiger partial charge >= 0.3 is 0 Å². The van der Waals surface area contributed by atoms with Gasteiger partial charge < -0.3 is 10.6 Å². The molecule has 1 saturated heterocycles. The molecule has 1 amide bonds. The molecule has 23 heavy (non-hydrogen) atoms. The van der Waals surface area contributed by atoms with Gasteiger partial charge in [0.15, 0.2) is 0 Å². The fourth-order valence-corrected chi connectivity index (χ4v) is 3.33. The van der Waals surface area contributed by atoms with Crippen LogP contribution in [0, 0.1) is 5.92 Å². The van der Waals surface area contributed by atoms with Crippen LogP contribution in [-0.2, 0) is 0 Å². The molecular formula is C16H21N5OS. The Morgan fingerprint density at radius 2 is 2.30 bits per heavy atom. The normalized spacial score (nSPS) is 20.5. The van der Waals surface area contributed by atoms with Crippen molar-refractivity contribution in [2.45, 2.75) is 6.04 Å². The number of nitrogens with one attached hydrogen (secondary N) is 4. The Morgan fingerprint density at radius 1 is 1.35 bits per heavy atom. The molecule has 2 aromatic heterocycles. The highest BCUT2D eigenvalue weighted by molar-refractivity contribution is 7.12. The third-order valence-electron chi connectivity index (χ3n) is 3.88. The van der Waals surface area contributed by atoms with Crippen molar-refractivity contribution in [3.63, 3.8) is 0 Å². The summed E-state index contributed by atoms with van der Waals surface area (Å²) in [4.78, 5) is 16.7. The quantitative estimate of drug-likeness (QED) is 0.568. The number of amides is 1. The van der Waals surface area contributed by atoms with Crippen molar-refractivity contribution in [1.82, 2.24) is 26.5 Å². The van der Waals surface area contributed by atoms with Gasteiger partial charge in [0, 0.05) is 44.5 Å². The van der Waals surface area contributed by atoms with Gasteiger partial charge in [-0.3, -0.25) is 15.2 Å². The van der Waals surface area contributed by atoms with Crippen LogP contribution < -0.4 is 21.5 Å². The number of thiophene rings is 1. The van der Waals surface area contributed by atoms with E-state index in [0.29, 0.717) is 12.5 Å². The van der Waals surface area contributed by atoms with Crippen LogP contribution in [0.2, 0.25) is 0 Å². The lowest BCUT2D eigenvalue weighted by molar-refractivity contribution is 0.0958. The number of nitrogens with zero attached hydrogens (tertiary/aromatic N) is 1. The second kappa shape index (κ2) is 8.16. The number of aromatic nitrogens is 1. The fraction of sp³-hybridized carbons (Fsp3) is 0.375. The molecule has 3 rings (SSSR count). The molecule has 6 nitrogen and oxygen atoms in total. The summed E-state index contributed by atoms with van der Waals surface area (Å²) < 4.78 is 0. The number of hydrogen-bond acceptors (Lipinski definition) is 6. The summed E-state index contributed by atoms with van der Waals surface area (Å²) in [6, 6.07) is 8.03. The van der Waals surface area contributed by atoms with E-state index in [0.717, 1.165) is 24.5 Å². The largest absolute Gasteiger partial charge is 0.350 e. The molecule has 0 saturated carbocycles. The van der Waals surface area contributed by atoms with E-state index in [1.54, 1.807) is 6.20 Å². The number of hydrazine groups is 1. The first-order chi connectivity index (χ1) is 11.3. The van der Waals surface area contributed by atoms with Gasteiger partial charge in [-0.1, -0.05) is 12.1 Å². The van der Waals surface area contributed by atoms with Crippen LogP contribution in [0.15, 0.2) is 42.0 Å². The summed E-state index contributed by atoms with van der Waals surface area (Å²) in [6.45, 7) is 3.18. The smallest absolute Gasteiger partial charge is 0.261 e. The van der Waals surface area contributed by atoms with Crippen LogP contribution in [0.1, 0.15) is 21.3 Å². The molecular weight excluding hydrogens is 310 g/mol. The summed E-state index contributed by atoms with van der Waals surface area (Å²) >= 11 is 1.46. The molecule has 1 aliphatic heterocycles. The predicted molar refractivity (Wildman–Crippen MR) is 91.1 cm³/mol. The van der Waals surface area contributed by atoms with Gasteiger partial charge in [0.25, 0.3) is 5.91 Å². The van der Waals surface area contributed by atoms with Crippen LogP contribution in [0.4, 0.5) is 0 Å². The van der Waals surface area contributed by atoms with E-state index < -0.39 is 0 Å². The third-order valence-corrected chi connectivity index (χ3v) is 4.74. The first-order valence-corrected chi connectivity index (χ1v) is 8.63. The second-order valence-electron chi connectivity index (χ2n) is 5.49. The summed E-state index contributed by atoms with van der Waals surface area (Å²) in [5.41, 5.74) is 7.70.